The molecule has 1 aliphatic heterocycles. The molecule has 0 radical (unpaired) electrons. The Morgan fingerprint density at radius 3 is 2.68 bits per heavy atom. The van der Waals surface area contributed by atoms with Crippen LogP contribution in [0.1, 0.15) is 6.92 Å². The summed E-state index contributed by atoms with van der Waals surface area (Å²) in [5.41, 5.74) is 0.732. The van der Waals surface area contributed by atoms with Crippen molar-refractivity contribution in [3.05, 3.63) is 24.3 Å². The molecular weight excluding hydrogens is 286 g/mol. The number of hydrogen-bond donors (Lipinski definition) is 0. The Hall–Kier alpha value is -0.780. The molecule has 0 aliphatic carbocycles. The van der Waals surface area contributed by atoms with Crippen LogP contribution in [0.3, 0.4) is 0 Å². The molecule has 1 aliphatic rings. The van der Waals surface area contributed by atoms with Crippen LogP contribution in [0.15, 0.2) is 29.2 Å². The highest BCUT2D eigenvalue weighted by atomic mass is 35.5. The molecule has 0 amide bonds. The van der Waals surface area contributed by atoms with Gasteiger partial charge in [-0.2, -0.15) is 0 Å². The molecule has 1 heterocycles. The smallest absolute Gasteiger partial charge is 0.177 e. The van der Waals surface area contributed by atoms with Gasteiger partial charge < -0.3 is 9.64 Å². The summed E-state index contributed by atoms with van der Waals surface area (Å²) in [5.74, 6) is 0.405. The first-order chi connectivity index (χ1) is 8.91. The molecule has 0 spiro atoms. The fourth-order valence-electron chi connectivity index (χ4n) is 2.36. The summed E-state index contributed by atoms with van der Waals surface area (Å²) >= 11 is 5.86. The number of para-hydroxylation sites is 1. The van der Waals surface area contributed by atoms with Gasteiger partial charge in [-0.1, -0.05) is 12.1 Å². The van der Waals surface area contributed by atoms with E-state index in [4.69, 9.17) is 16.3 Å². The standard InChI is InChI=1S/C13H18ClNO3S/c1-10-8-15(9-11(7-14)18-10)12-5-3-4-6-13(12)19(2,16)17/h3-6,10-11H,7-9H2,1-2H3. The van der Waals surface area contributed by atoms with Crippen molar-refractivity contribution in [2.24, 2.45) is 0 Å². The molecule has 0 saturated carbocycles. The van der Waals surface area contributed by atoms with Gasteiger partial charge in [0.05, 0.1) is 28.7 Å². The molecule has 19 heavy (non-hydrogen) atoms. The minimum atomic E-state index is -3.24. The number of ether oxygens (including phenoxy) is 1. The number of halogens is 1. The average molecular weight is 304 g/mol. The minimum Gasteiger partial charge on any atom is -0.370 e. The van der Waals surface area contributed by atoms with E-state index in [-0.39, 0.29) is 12.2 Å². The van der Waals surface area contributed by atoms with E-state index >= 15 is 0 Å². The summed E-state index contributed by atoms with van der Waals surface area (Å²) < 4.78 is 29.4. The van der Waals surface area contributed by atoms with E-state index in [1.165, 1.54) is 6.26 Å². The van der Waals surface area contributed by atoms with E-state index < -0.39 is 9.84 Å². The van der Waals surface area contributed by atoms with Gasteiger partial charge in [-0.05, 0) is 19.1 Å². The van der Waals surface area contributed by atoms with Gasteiger partial charge in [0.15, 0.2) is 9.84 Å². The Morgan fingerprint density at radius 1 is 1.37 bits per heavy atom. The molecule has 1 aromatic carbocycles. The molecule has 2 atom stereocenters. The third-order valence-electron chi connectivity index (χ3n) is 3.10. The second kappa shape index (κ2) is 5.69. The van der Waals surface area contributed by atoms with Crippen LogP contribution in [0.4, 0.5) is 5.69 Å². The molecule has 1 fully saturated rings. The lowest BCUT2D eigenvalue weighted by molar-refractivity contribution is -0.00348. The number of sulfone groups is 1. The number of nitrogens with zero attached hydrogens (tertiary/aromatic N) is 1. The Labute approximate surface area is 119 Å². The molecule has 0 N–H and O–H groups in total. The highest BCUT2D eigenvalue weighted by Gasteiger charge is 2.27. The topological polar surface area (TPSA) is 46.6 Å². The SMILES string of the molecule is CC1CN(c2ccccc2S(C)(=O)=O)CC(CCl)O1. The van der Waals surface area contributed by atoms with Crippen LogP contribution in [-0.4, -0.2) is 45.9 Å². The van der Waals surface area contributed by atoms with Crippen molar-refractivity contribution in [3.63, 3.8) is 0 Å². The van der Waals surface area contributed by atoms with Gasteiger partial charge in [-0.15, -0.1) is 11.6 Å². The average Bonchev–Trinajstić information content (AvgIpc) is 2.37. The summed E-state index contributed by atoms with van der Waals surface area (Å²) in [6.45, 7) is 3.25. The number of rotatable bonds is 3. The lowest BCUT2D eigenvalue weighted by Gasteiger charge is -2.38. The van der Waals surface area contributed by atoms with Gasteiger partial charge in [0.1, 0.15) is 0 Å². The first-order valence-corrected chi connectivity index (χ1v) is 8.60. The van der Waals surface area contributed by atoms with Crippen molar-refractivity contribution in [1.82, 2.24) is 0 Å². The molecule has 106 valence electrons. The van der Waals surface area contributed by atoms with Crippen LogP contribution in [0.25, 0.3) is 0 Å². The maximum absolute atomic E-state index is 11.8. The first kappa shape index (κ1) is 14.6. The molecule has 2 rings (SSSR count). The second-order valence-corrected chi connectivity index (χ2v) is 7.16. The summed E-state index contributed by atoms with van der Waals surface area (Å²) in [6, 6.07) is 7.06. The molecular formula is C13H18ClNO3S. The Balaban J connectivity index is 2.36. The molecule has 0 aromatic heterocycles. The maximum atomic E-state index is 11.8. The van der Waals surface area contributed by atoms with Gasteiger partial charge in [0.2, 0.25) is 0 Å². The van der Waals surface area contributed by atoms with Crippen molar-refractivity contribution in [1.29, 1.82) is 0 Å². The predicted octanol–water partition coefficient (Wildman–Crippen LogP) is 1.92. The summed E-state index contributed by atoms with van der Waals surface area (Å²) in [6.07, 6.45) is 1.19. The van der Waals surface area contributed by atoms with Crippen LogP contribution in [-0.2, 0) is 14.6 Å². The highest BCUT2D eigenvalue weighted by Crippen LogP contribution is 2.27. The normalized spacial score (nSPS) is 24.5. The number of benzene rings is 1. The molecule has 1 aromatic rings. The van der Waals surface area contributed by atoms with Crippen molar-refractivity contribution >= 4 is 27.1 Å². The number of alkyl halides is 1. The van der Waals surface area contributed by atoms with Gasteiger partial charge in [-0.25, -0.2) is 8.42 Å². The zero-order valence-electron chi connectivity index (χ0n) is 11.0. The van der Waals surface area contributed by atoms with E-state index in [1.807, 2.05) is 24.0 Å². The van der Waals surface area contributed by atoms with Crippen LogP contribution in [0.5, 0.6) is 0 Å². The van der Waals surface area contributed by atoms with Crippen molar-refractivity contribution in [3.8, 4) is 0 Å². The van der Waals surface area contributed by atoms with Crippen molar-refractivity contribution in [2.45, 2.75) is 24.0 Å². The zero-order chi connectivity index (χ0) is 14.0. The number of hydrogen-bond acceptors (Lipinski definition) is 4. The Kier molecular flexibility index (Phi) is 4.38. The molecule has 2 unspecified atom stereocenters. The summed E-state index contributed by atoms with van der Waals surface area (Å²) in [4.78, 5) is 2.40. The van der Waals surface area contributed by atoms with Gasteiger partial charge in [-0.3, -0.25) is 0 Å². The third-order valence-corrected chi connectivity index (χ3v) is 4.59. The zero-order valence-corrected chi connectivity index (χ0v) is 12.6. The minimum absolute atomic E-state index is 0.0325. The number of anilines is 1. The summed E-state index contributed by atoms with van der Waals surface area (Å²) in [7, 11) is -3.24. The van der Waals surface area contributed by atoms with E-state index in [2.05, 4.69) is 0 Å². The number of morpholine rings is 1. The second-order valence-electron chi connectivity index (χ2n) is 4.87. The lowest BCUT2D eigenvalue weighted by Crippen LogP contribution is -2.47. The maximum Gasteiger partial charge on any atom is 0.177 e. The fraction of sp³-hybridized carbons (Fsp3) is 0.538. The van der Waals surface area contributed by atoms with Crippen LogP contribution < -0.4 is 4.90 Å². The fourth-order valence-corrected chi connectivity index (χ4v) is 3.43. The largest absolute Gasteiger partial charge is 0.370 e. The van der Waals surface area contributed by atoms with Crippen molar-refractivity contribution < 1.29 is 13.2 Å². The van der Waals surface area contributed by atoms with Gasteiger partial charge in [0, 0.05) is 19.3 Å². The monoisotopic (exact) mass is 303 g/mol. The molecule has 6 heteroatoms. The molecule has 1 saturated heterocycles. The van der Waals surface area contributed by atoms with E-state index in [9.17, 15) is 8.42 Å². The van der Waals surface area contributed by atoms with E-state index in [0.717, 1.165) is 5.69 Å². The van der Waals surface area contributed by atoms with Gasteiger partial charge >= 0.3 is 0 Å². The van der Waals surface area contributed by atoms with E-state index in [0.29, 0.717) is 23.9 Å². The Morgan fingerprint density at radius 2 is 2.05 bits per heavy atom. The van der Waals surface area contributed by atoms with Crippen molar-refractivity contribution in [2.75, 3.05) is 30.1 Å². The van der Waals surface area contributed by atoms with Crippen LogP contribution >= 0.6 is 11.6 Å². The quantitative estimate of drug-likeness (QED) is 0.801. The van der Waals surface area contributed by atoms with Crippen LogP contribution in [0, 0.1) is 0 Å². The third kappa shape index (κ3) is 3.41. The summed E-state index contributed by atoms with van der Waals surface area (Å²) in [5, 5.41) is 0. The van der Waals surface area contributed by atoms with Gasteiger partial charge in [0.25, 0.3) is 0 Å². The predicted molar refractivity (Wildman–Crippen MR) is 76.8 cm³/mol. The van der Waals surface area contributed by atoms with E-state index in [1.54, 1.807) is 12.1 Å². The molecule has 0 bridgehead atoms. The Bertz CT molecular complexity index is 547. The highest BCUT2D eigenvalue weighted by molar-refractivity contribution is 7.90. The van der Waals surface area contributed by atoms with Crippen LogP contribution in [0.2, 0.25) is 0 Å². The lowest BCUT2D eigenvalue weighted by atomic mass is 10.2. The molecule has 4 nitrogen and oxygen atoms in total. The first-order valence-electron chi connectivity index (χ1n) is 6.17.